The summed E-state index contributed by atoms with van der Waals surface area (Å²) in [4.78, 5) is 0.367. The van der Waals surface area contributed by atoms with Crippen molar-refractivity contribution >= 4 is 15.7 Å². The minimum atomic E-state index is -3.44. The van der Waals surface area contributed by atoms with Crippen molar-refractivity contribution in [3.8, 4) is 0 Å². The summed E-state index contributed by atoms with van der Waals surface area (Å²) in [5.41, 5.74) is 3.05. The van der Waals surface area contributed by atoms with E-state index in [2.05, 4.69) is 6.92 Å². The third-order valence-electron chi connectivity index (χ3n) is 3.76. The lowest BCUT2D eigenvalue weighted by Gasteiger charge is -2.19. The van der Waals surface area contributed by atoms with E-state index in [1.165, 1.54) is 4.31 Å². The van der Waals surface area contributed by atoms with Crippen LogP contribution in [0.2, 0.25) is 0 Å². The van der Waals surface area contributed by atoms with Crippen LogP contribution in [-0.4, -0.2) is 15.0 Å². The fourth-order valence-corrected chi connectivity index (χ4v) is 4.09. The molecular weight excluding hydrogens is 270 g/mol. The molecule has 0 spiro atoms. The molecule has 104 valence electrons. The minimum Gasteiger partial charge on any atom is -0.266 e. The third-order valence-corrected chi connectivity index (χ3v) is 5.59. The fourth-order valence-electron chi connectivity index (χ4n) is 2.58. The molecular formula is C16H17NO2S. The molecule has 0 aliphatic carbocycles. The highest BCUT2D eigenvalue weighted by Gasteiger charge is 2.30. The van der Waals surface area contributed by atoms with E-state index in [-0.39, 0.29) is 0 Å². The second-order valence-corrected chi connectivity index (χ2v) is 6.82. The Hall–Kier alpha value is -1.81. The molecule has 0 atom stereocenters. The second kappa shape index (κ2) is 4.94. The Labute approximate surface area is 119 Å². The molecule has 0 radical (unpaired) electrons. The lowest BCUT2D eigenvalue weighted by atomic mass is 10.2. The van der Waals surface area contributed by atoms with Gasteiger partial charge in [0, 0.05) is 6.54 Å². The number of hydrogen-bond acceptors (Lipinski definition) is 2. The van der Waals surface area contributed by atoms with Gasteiger partial charge in [0.2, 0.25) is 0 Å². The van der Waals surface area contributed by atoms with Crippen molar-refractivity contribution < 1.29 is 8.42 Å². The van der Waals surface area contributed by atoms with Gasteiger partial charge >= 0.3 is 0 Å². The van der Waals surface area contributed by atoms with Crippen LogP contribution in [0.4, 0.5) is 5.69 Å². The van der Waals surface area contributed by atoms with Crippen molar-refractivity contribution in [2.75, 3.05) is 10.8 Å². The van der Waals surface area contributed by atoms with E-state index < -0.39 is 10.0 Å². The van der Waals surface area contributed by atoms with E-state index in [4.69, 9.17) is 0 Å². The molecule has 2 aromatic carbocycles. The average molecular weight is 287 g/mol. The summed E-state index contributed by atoms with van der Waals surface area (Å²) >= 11 is 0. The molecule has 1 aliphatic heterocycles. The monoisotopic (exact) mass is 287 g/mol. The smallest absolute Gasteiger partial charge is 0.264 e. The number of sulfonamides is 1. The molecule has 0 amide bonds. The molecule has 0 aromatic heterocycles. The standard InChI is InChI=1S/C16H17NO2S/c1-2-13-7-9-15(10-8-13)20(18,19)17-12-11-14-5-3-4-6-16(14)17/h3-10H,2,11-12H2,1H3. The number of anilines is 1. The van der Waals surface area contributed by atoms with Gasteiger partial charge in [-0.2, -0.15) is 0 Å². The summed E-state index contributed by atoms with van der Waals surface area (Å²) in [6, 6.07) is 14.9. The summed E-state index contributed by atoms with van der Waals surface area (Å²) in [5, 5.41) is 0. The molecule has 20 heavy (non-hydrogen) atoms. The van der Waals surface area contributed by atoms with Gasteiger partial charge in [0.05, 0.1) is 10.6 Å². The number of hydrogen-bond donors (Lipinski definition) is 0. The van der Waals surface area contributed by atoms with Crippen molar-refractivity contribution in [2.45, 2.75) is 24.7 Å². The number of rotatable bonds is 3. The molecule has 4 heteroatoms. The van der Waals surface area contributed by atoms with Crippen LogP contribution in [0.15, 0.2) is 53.4 Å². The van der Waals surface area contributed by atoms with Gasteiger partial charge in [0.1, 0.15) is 0 Å². The zero-order chi connectivity index (χ0) is 14.2. The highest BCUT2D eigenvalue weighted by molar-refractivity contribution is 7.92. The van der Waals surface area contributed by atoms with Crippen molar-refractivity contribution in [1.82, 2.24) is 0 Å². The molecule has 1 aliphatic rings. The summed E-state index contributed by atoms with van der Waals surface area (Å²) in [7, 11) is -3.44. The number of benzene rings is 2. The minimum absolute atomic E-state index is 0.367. The van der Waals surface area contributed by atoms with Crippen LogP contribution in [0.3, 0.4) is 0 Å². The van der Waals surface area contributed by atoms with Gasteiger partial charge in [-0.1, -0.05) is 37.3 Å². The van der Waals surface area contributed by atoms with Gasteiger partial charge < -0.3 is 0 Å². The van der Waals surface area contributed by atoms with Crippen molar-refractivity contribution in [1.29, 1.82) is 0 Å². The third kappa shape index (κ3) is 2.10. The first-order chi connectivity index (χ1) is 9.63. The molecule has 0 saturated heterocycles. The fraction of sp³-hybridized carbons (Fsp3) is 0.250. The van der Waals surface area contributed by atoms with Crippen LogP contribution < -0.4 is 4.31 Å². The maximum Gasteiger partial charge on any atom is 0.264 e. The largest absolute Gasteiger partial charge is 0.266 e. The quantitative estimate of drug-likeness (QED) is 0.870. The maximum absolute atomic E-state index is 12.7. The molecule has 3 nitrogen and oxygen atoms in total. The first kappa shape index (κ1) is 13.2. The van der Waals surface area contributed by atoms with Gasteiger partial charge in [0.15, 0.2) is 0 Å². The van der Waals surface area contributed by atoms with Crippen molar-refractivity contribution in [2.24, 2.45) is 0 Å². The predicted molar refractivity (Wildman–Crippen MR) is 80.5 cm³/mol. The first-order valence-corrected chi connectivity index (χ1v) is 8.26. The summed E-state index contributed by atoms with van der Waals surface area (Å²) in [5.74, 6) is 0. The number of nitrogens with zero attached hydrogens (tertiary/aromatic N) is 1. The lowest BCUT2D eigenvalue weighted by molar-refractivity contribution is 0.592. The van der Waals surface area contributed by atoms with E-state index in [9.17, 15) is 8.42 Å². The molecule has 2 aromatic rings. The molecule has 0 fully saturated rings. The van der Waals surface area contributed by atoms with Gasteiger partial charge in [-0.05, 0) is 42.2 Å². The van der Waals surface area contributed by atoms with E-state index in [0.29, 0.717) is 11.4 Å². The highest BCUT2D eigenvalue weighted by atomic mass is 32.2. The van der Waals surface area contributed by atoms with Gasteiger partial charge in [-0.3, -0.25) is 4.31 Å². The Morgan fingerprint density at radius 3 is 2.45 bits per heavy atom. The average Bonchev–Trinajstić information content (AvgIpc) is 2.92. The van der Waals surface area contributed by atoms with E-state index in [1.807, 2.05) is 36.4 Å². The van der Waals surface area contributed by atoms with Crippen LogP contribution in [0.25, 0.3) is 0 Å². The Balaban J connectivity index is 2.00. The molecule has 1 heterocycles. The zero-order valence-electron chi connectivity index (χ0n) is 11.4. The second-order valence-electron chi connectivity index (χ2n) is 4.95. The summed E-state index contributed by atoms with van der Waals surface area (Å²) in [6.07, 6.45) is 1.69. The van der Waals surface area contributed by atoms with Crippen molar-refractivity contribution in [3.05, 3.63) is 59.7 Å². The molecule has 0 unspecified atom stereocenters. The van der Waals surface area contributed by atoms with Gasteiger partial charge in [-0.25, -0.2) is 8.42 Å². The van der Waals surface area contributed by atoms with E-state index >= 15 is 0 Å². The first-order valence-electron chi connectivity index (χ1n) is 6.82. The zero-order valence-corrected chi connectivity index (χ0v) is 12.2. The number of aryl methyl sites for hydroxylation is 1. The maximum atomic E-state index is 12.7. The summed E-state index contributed by atoms with van der Waals surface area (Å²) in [6.45, 7) is 2.58. The Morgan fingerprint density at radius 1 is 1.05 bits per heavy atom. The SMILES string of the molecule is CCc1ccc(S(=O)(=O)N2CCc3ccccc32)cc1. The topological polar surface area (TPSA) is 37.4 Å². The normalized spacial score (nSPS) is 14.3. The van der Waals surface area contributed by atoms with Gasteiger partial charge in [0.25, 0.3) is 10.0 Å². The summed E-state index contributed by atoms with van der Waals surface area (Å²) < 4.78 is 27.0. The van der Waals surface area contributed by atoms with Gasteiger partial charge in [-0.15, -0.1) is 0 Å². The van der Waals surface area contributed by atoms with Crippen LogP contribution in [0.5, 0.6) is 0 Å². The lowest BCUT2D eigenvalue weighted by Crippen LogP contribution is -2.29. The van der Waals surface area contributed by atoms with Crippen LogP contribution >= 0.6 is 0 Å². The molecule has 0 saturated carbocycles. The number of fused-ring (bicyclic) bond motifs is 1. The Morgan fingerprint density at radius 2 is 1.75 bits per heavy atom. The predicted octanol–water partition coefficient (Wildman–Crippen LogP) is 3.00. The molecule has 0 bridgehead atoms. The van der Waals surface area contributed by atoms with E-state index in [0.717, 1.165) is 29.7 Å². The Bertz CT molecular complexity index is 720. The van der Waals surface area contributed by atoms with Crippen LogP contribution in [0.1, 0.15) is 18.1 Å². The van der Waals surface area contributed by atoms with Crippen molar-refractivity contribution in [3.63, 3.8) is 0 Å². The molecule has 3 rings (SSSR count). The van der Waals surface area contributed by atoms with E-state index in [1.54, 1.807) is 12.1 Å². The van der Waals surface area contributed by atoms with Crippen LogP contribution in [-0.2, 0) is 22.9 Å². The highest BCUT2D eigenvalue weighted by Crippen LogP contribution is 2.32. The molecule has 0 N–H and O–H groups in total. The Kier molecular flexibility index (Phi) is 3.26. The number of para-hydroxylation sites is 1. The van der Waals surface area contributed by atoms with Crippen LogP contribution in [0, 0.1) is 0 Å².